The molecule has 2 aliphatic rings. The van der Waals surface area contributed by atoms with Gasteiger partial charge in [-0.3, -0.25) is 14.6 Å². The van der Waals surface area contributed by atoms with E-state index in [0.29, 0.717) is 25.3 Å². The van der Waals surface area contributed by atoms with Gasteiger partial charge in [0.25, 0.3) is 11.8 Å². The van der Waals surface area contributed by atoms with Crippen LogP contribution in [0.2, 0.25) is 0 Å². The fourth-order valence-corrected chi connectivity index (χ4v) is 2.33. The van der Waals surface area contributed by atoms with Crippen molar-refractivity contribution in [1.82, 2.24) is 19.8 Å². The van der Waals surface area contributed by atoms with Crippen molar-refractivity contribution in [2.24, 2.45) is 5.92 Å². The molecule has 110 valence electrons. The normalized spacial score (nSPS) is 18.7. The molecule has 3 amide bonds. The molecule has 0 bridgehead atoms. The molecule has 0 unspecified atom stereocenters. The Morgan fingerprint density at radius 3 is 2.67 bits per heavy atom. The van der Waals surface area contributed by atoms with Crippen molar-refractivity contribution in [2.75, 3.05) is 26.2 Å². The number of rotatable bonds is 3. The van der Waals surface area contributed by atoms with E-state index in [9.17, 15) is 14.4 Å². The third kappa shape index (κ3) is 2.56. The molecule has 1 aromatic rings. The Kier molecular flexibility index (Phi) is 3.28. The Morgan fingerprint density at radius 2 is 2.10 bits per heavy atom. The van der Waals surface area contributed by atoms with Crippen LogP contribution < -0.4 is 0 Å². The number of likely N-dealkylation sites (tertiary alicyclic amines) is 1. The molecular weight excluding hydrogens is 276 g/mol. The van der Waals surface area contributed by atoms with E-state index >= 15 is 0 Å². The van der Waals surface area contributed by atoms with Gasteiger partial charge in [0.05, 0.1) is 11.9 Å². The van der Waals surface area contributed by atoms with Crippen LogP contribution in [0.5, 0.6) is 0 Å². The number of carbonyl (C=O) groups excluding carboxylic acids is 3. The number of amides is 3. The van der Waals surface area contributed by atoms with Gasteiger partial charge in [0, 0.05) is 31.7 Å². The Hall–Kier alpha value is -2.51. The number of hydrogen-bond donors (Lipinski definition) is 0. The Balaban J connectivity index is 1.53. The summed E-state index contributed by atoms with van der Waals surface area (Å²) < 4.78 is 4.64. The maximum absolute atomic E-state index is 12.1. The van der Waals surface area contributed by atoms with E-state index in [4.69, 9.17) is 0 Å². The van der Waals surface area contributed by atoms with Crippen LogP contribution in [0, 0.1) is 12.8 Å². The molecule has 3 heterocycles. The molecule has 2 aliphatic heterocycles. The van der Waals surface area contributed by atoms with E-state index in [0.717, 1.165) is 10.6 Å². The third-order valence-electron chi connectivity index (χ3n) is 3.53. The lowest BCUT2D eigenvalue weighted by atomic mass is 9.99. The molecule has 0 aliphatic carbocycles. The van der Waals surface area contributed by atoms with Gasteiger partial charge in [-0.2, -0.15) is 0 Å². The minimum Gasteiger partial charge on any atom is -0.439 e. The highest BCUT2D eigenvalue weighted by Gasteiger charge is 2.38. The van der Waals surface area contributed by atoms with E-state index in [1.807, 2.05) is 0 Å². The Bertz CT molecular complexity index is 579. The molecule has 2 saturated heterocycles. The molecular formula is C13H14N4O4. The van der Waals surface area contributed by atoms with Crippen LogP contribution in [-0.4, -0.2) is 63.9 Å². The van der Waals surface area contributed by atoms with Crippen molar-refractivity contribution in [3.8, 4) is 0 Å². The van der Waals surface area contributed by atoms with Crippen molar-refractivity contribution in [3.05, 3.63) is 23.8 Å². The molecule has 0 saturated carbocycles. The maximum Gasteiger partial charge on any atom is 0.417 e. The predicted octanol–water partition coefficient (Wildman–Crippen LogP) is -0.164. The average molecular weight is 290 g/mol. The highest BCUT2D eigenvalue weighted by atomic mass is 16.6. The topological polar surface area (TPSA) is 92.7 Å². The minimum absolute atomic E-state index is 0.0851. The van der Waals surface area contributed by atoms with Gasteiger partial charge in [-0.05, 0) is 6.92 Å². The summed E-state index contributed by atoms with van der Waals surface area (Å²) in [6.45, 7) is 2.89. The van der Waals surface area contributed by atoms with Gasteiger partial charge >= 0.3 is 6.09 Å². The minimum atomic E-state index is -0.603. The Labute approximate surface area is 120 Å². The SMILES string of the molecule is Cc1cnc(C(=O)N2CC(CN3C(=O)COC3=O)C2)cn1. The molecule has 8 heteroatoms. The van der Waals surface area contributed by atoms with Crippen molar-refractivity contribution >= 4 is 17.9 Å². The second-order valence-corrected chi connectivity index (χ2v) is 5.18. The summed E-state index contributed by atoms with van der Waals surface area (Å²) in [7, 11) is 0. The first-order valence-corrected chi connectivity index (χ1v) is 6.59. The van der Waals surface area contributed by atoms with Crippen LogP contribution in [-0.2, 0) is 9.53 Å². The largest absolute Gasteiger partial charge is 0.439 e. The third-order valence-corrected chi connectivity index (χ3v) is 3.53. The quantitative estimate of drug-likeness (QED) is 0.767. The number of cyclic esters (lactones) is 1. The molecule has 0 N–H and O–H groups in total. The summed E-state index contributed by atoms with van der Waals surface area (Å²) in [4.78, 5) is 45.6. The Morgan fingerprint density at radius 1 is 1.33 bits per heavy atom. The van der Waals surface area contributed by atoms with Crippen molar-refractivity contribution in [1.29, 1.82) is 0 Å². The van der Waals surface area contributed by atoms with Gasteiger partial charge in [-0.25, -0.2) is 14.7 Å². The molecule has 3 rings (SSSR count). The van der Waals surface area contributed by atoms with Gasteiger partial charge in [0.1, 0.15) is 5.69 Å². The van der Waals surface area contributed by atoms with E-state index < -0.39 is 6.09 Å². The van der Waals surface area contributed by atoms with Crippen LogP contribution >= 0.6 is 0 Å². The number of carbonyl (C=O) groups is 3. The first-order valence-electron chi connectivity index (χ1n) is 6.59. The summed E-state index contributed by atoms with van der Waals surface area (Å²) in [6.07, 6.45) is 2.39. The van der Waals surface area contributed by atoms with E-state index in [1.165, 1.54) is 6.20 Å². The summed E-state index contributed by atoms with van der Waals surface area (Å²) >= 11 is 0. The smallest absolute Gasteiger partial charge is 0.417 e. The molecule has 1 aromatic heterocycles. The average Bonchev–Trinajstić information content (AvgIpc) is 2.73. The van der Waals surface area contributed by atoms with Gasteiger partial charge in [0.2, 0.25) is 0 Å². The lowest BCUT2D eigenvalue weighted by molar-refractivity contribution is -0.126. The molecule has 0 aromatic carbocycles. The second kappa shape index (κ2) is 5.12. The summed E-state index contributed by atoms with van der Waals surface area (Å²) in [5, 5.41) is 0. The monoisotopic (exact) mass is 290 g/mol. The highest BCUT2D eigenvalue weighted by Crippen LogP contribution is 2.20. The first-order chi connectivity index (χ1) is 10.0. The van der Waals surface area contributed by atoms with Crippen molar-refractivity contribution in [3.63, 3.8) is 0 Å². The number of aromatic nitrogens is 2. The van der Waals surface area contributed by atoms with Crippen LogP contribution in [0.3, 0.4) is 0 Å². The summed E-state index contributed by atoms with van der Waals surface area (Å²) in [5.41, 5.74) is 1.05. The number of nitrogens with zero attached hydrogens (tertiary/aromatic N) is 4. The molecule has 2 fully saturated rings. The zero-order chi connectivity index (χ0) is 15.0. The standard InChI is InChI=1S/C13H14N4O4/c1-8-2-15-10(3-14-8)12(19)16-4-9(5-16)6-17-11(18)7-21-13(17)20/h2-3,9H,4-7H2,1H3. The van der Waals surface area contributed by atoms with Crippen molar-refractivity contribution in [2.45, 2.75) is 6.92 Å². The van der Waals surface area contributed by atoms with Crippen LogP contribution in [0.15, 0.2) is 12.4 Å². The van der Waals surface area contributed by atoms with Gasteiger partial charge in [-0.1, -0.05) is 0 Å². The fraction of sp³-hybridized carbons (Fsp3) is 0.462. The fourth-order valence-electron chi connectivity index (χ4n) is 2.33. The van der Waals surface area contributed by atoms with E-state index in [-0.39, 0.29) is 24.3 Å². The number of imide groups is 1. The zero-order valence-electron chi connectivity index (χ0n) is 11.5. The highest BCUT2D eigenvalue weighted by molar-refractivity contribution is 5.98. The number of hydrogen-bond acceptors (Lipinski definition) is 6. The van der Waals surface area contributed by atoms with Gasteiger partial charge in [-0.15, -0.1) is 0 Å². The van der Waals surface area contributed by atoms with Crippen LogP contribution in [0.25, 0.3) is 0 Å². The van der Waals surface area contributed by atoms with E-state index in [2.05, 4.69) is 14.7 Å². The van der Waals surface area contributed by atoms with Crippen LogP contribution in [0.1, 0.15) is 16.2 Å². The molecule has 21 heavy (non-hydrogen) atoms. The van der Waals surface area contributed by atoms with Gasteiger partial charge < -0.3 is 9.64 Å². The van der Waals surface area contributed by atoms with Crippen LogP contribution in [0.4, 0.5) is 4.79 Å². The summed E-state index contributed by atoms with van der Waals surface area (Å²) in [6, 6.07) is 0. The molecule has 0 atom stereocenters. The number of ether oxygens (including phenoxy) is 1. The predicted molar refractivity (Wildman–Crippen MR) is 69.2 cm³/mol. The zero-order valence-corrected chi connectivity index (χ0v) is 11.5. The lowest BCUT2D eigenvalue weighted by Gasteiger charge is -2.39. The number of aryl methyl sites for hydroxylation is 1. The maximum atomic E-state index is 12.1. The summed E-state index contributed by atoms with van der Waals surface area (Å²) in [5.74, 6) is -0.426. The first kappa shape index (κ1) is 13.5. The van der Waals surface area contributed by atoms with Gasteiger partial charge in [0.15, 0.2) is 6.61 Å². The molecule has 0 spiro atoms. The molecule has 0 radical (unpaired) electrons. The van der Waals surface area contributed by atoms with E-state index in [1.54, 1.807) is 18.0 Å². The lowest BCUT2D eigenvalue weighted by Crippen LogP contribution is -2.54. The van der Waals surface area contributed by atoms with Crippen molar-refractivity contribution < 1.29 is 19.1 Å². The molecule has 8 nitrogen and oxygen atoms in total. The second-order valence-electron chi connectivity index (χ2n) is 5.18.